The third-order valence-corrected chi connectivity index (χ3v) is 5.14. The molecule has 0 fully saturated rings. The number of nitrogens with zero attached hydrogens (tertiary/aromatic N) is 2. The number of rotatable bonds is 7. The molecule has 2 amide bonds. The molecular formula is C23H28N2O2. The van der Waals surface area contributed by atoms with E-state index in [2.05, 4.69) is 24.3 Å². The fourth-order valence-corrected chi connectivity index (χ4v) is 3.54. The summed E-state index contributed by atoms with van der Waals surface area (Å²) in [7, 11) is 0. The van der Waals surface area contributed by atoms with Crippen LogP contribution >= 0.6 is 0 Å². The van der Waals surface area contributed by atoms with Gasteiger partial charge in [0, 0.05) is 26.1 Å². The molecule has 0 spiro atoms. The summed E-state index contributed by atoms with van der Waals surface area (Å²) in [6, 6.07) is 18.4. The Morgan fingerprint density at radius 1 is 1.00 bits per heavy atom. The average molecular weight is 364 g/mol. The summed E-state index contributed by atoms with van der Waals surface area (Å²) in [6.45, 7) is 4.12. The summed E-state index contributed by atoms with van der Waals surface area (Å²) in [4.78, 5) is 29.0. The van der Waals surface area contributed by atoms with Gasteiger partial charge in [0.05, 0.1) is 6.54 Å². The number of carbonyl (C=O) groups is 2. The lowest BCUT2D eigenvalue weighted by molar-refractivity contribution is -0.141. The molecule has 27 heavy (non-hydrogen) atoms. The number of benzene rings is 2. The molecule has 3 rings (SSSR count). The maximum Gasteiger partial charge on any atom is 0.242 e. The van der Waals surface area contributed by atoms with Gasteiger partial charge in [0.2, 0.25) is 11.8 Å². The van der Waals surface area contributed by atoms with Crippen molar-refractivity contribution in [3.05, 3.63) is 71.3 Å². The van der Waals surface area contributed by atoms with E-state index in [4.69, 9.17) is 0 Å². The van der Waals surface area contributed by atoms with Crippen molar-refractivity contribution in [1.82, 2.24) is 9.80 Å². The van der Waals surface area contributed by atoms with Crippen LogP contribution in [-0.4, -0.2) is 41.2 Å². The van der Waals surface area contributed by atoms with E-state index in [-0.39, 0.29) is 18.4 Å². The van der Waals surface area contributed by atoms with E-state index in [0.29, 0.717) is 19.5 Å². The Morgan fingerprint density at radius 2 is 1.70 bits per heavy atom. The lowest BCUT2D eigenvalue weighted by atomic mass is 10.00. The summed E-state index contributed by atoms with van der Waals surface area (Å²) >= 11 is 0. The third kappa shape index (κ3) is 5.19. The summed E-state index contributed by atoms with van der Waals surface area (Å²) in [5.74, 6) is 0.112. The third-order valence-electron chi connectivity index (χ3n) is 5.14. The minimum atomic E-state index is 0.0435. The number of hydrogen-bond acceptors (Lipinski definition) is 2. The van der Waals surface area contributed by atoms with Crippen molar-refractivity contribution >= 4 is 11.8 Å². The van der Waals surface area contributed by atoms with Gasteiger partial charge in [-0.05, 0) is 36.0 Å². The van der Waals surface area contributed by atoms with Gasteiger partial charge in [-0.2, -0.15) is 0 Å². The zero-order valence-corrected chi connectivity index (χ0v) is 16.1. The number of hydrogen-bond donors (Lipinski definition) is 0. The largest absolute Gasteiger partial charge is 0.336 e. The second-order valence-corrected chi connectivity index (χ2v) is 7.13. The molecule has 0 radical (unpaired) electrons. The molecule has 2 aromatic rings. The highest BCUT2D eigenvalue weighted by molar-refractivity contribution is 5.85. The number of amides is 2. The average Bonchev–Trinajstić information content (AvgIpc) is 2.71. The van der Waals surface area contributed by atoms with Crippen LogP contribution in [0.15, 0.2) is 54.6 Å². The Morgan fingerprint density at radius 3 is 2.44 bits per heavy atom. The fraction of sp³-hybridized carbons (Fsp3) is 0.391. The molecule has 142 valence electrons. The Hall–Kier alpha value is -2.62. The fourth-order valence-electron chi connectivity index (χ4n) is 3.54. The van der Waals surface area contributed by atoms with E-state index >= 15 is 0 Å². The lowest BCUT2D eigenvalue weighted by Crippen LogP contribution is -2.45. The first-order valence-corrected chi connectivity index (χ1v) is 9.83. The van der Waals surface area contributed by atoms with Crippen LogP contribution in [0.3, 0.4) is 0 Å². The molecule has 0 saturated carbocycles. The van der Waals surface area contributed by atoms with Crippen LogP contribution in [0.4, 0.5) is 0 Å². The number of carbonyl (C=O) groups excluding carboxylic acids is 2. The van der Waals surface area contributed by atoms with E-state index in [9.17, 15) is 9.59 Å². The monoisotopic (exact) mass is 364 g/mol. The first-order valence-electron chi connectivity index (χ1n) is 9.83. The van der Waals surface area contributed by atoms with Crippen molar-refractivity contribution < 1.29 is 9.59 Å². The molecule has 0 aliphatic carbocycles. The summed E-state index contributed by atoms with van der Waals surface area (Å²) < 4.78 is 0. The Balaban J connectivity index is 1.62. The Kier molecular flexibility index (Phi) is 6.64. The normalized spacial score (nSPS) is 13.1. The highest BCUT2D eigenvalue weighted by Crippen LogP contribution is 2.18. The Bertz CT molecular complexity index is 773. The van der Waals surface area contributed by atoms with Crippen molar-refractivity contribution in [1.29, 1.82) is 0 Å². The highest BCUT2D eigenvalue weighted by Gasteiger charge is 2.24. The van der Waals surface area contributed by atoms with Crippen LogP contribution < -0.4 is 0 Å². The molecule has 0 atom stereocenters. The van der Waals surface area contributed by atoms with Gasteiger partial charge in [0.15, 0.2) is 0 Å². The second-order valence-electron chi connectivity index (χ2n) is 7.13. The van der Waals surface area contributed by atoms with Crippen molar-refractivity contribution in [2.75, 3.05) is 19.6 Å². The van der Waals surface area contributed by atoms with Crippen molar-refractivity contribution in [2.45, 2.75) is 39.2 Å². The standard InChI is InChI=1S/C23H28N2O2/c1-2-8-22(26)25(15-13-19-9-4-3-5-10-19)18-23(27)24-16-14-20-11-6-7-12-21(20)17-24/h3-7,9-12H,2,8,13-18H2,1H3. The molecule has 1 heterocycles. The van der Waals surface area contributed by atoms with Crippen LogP contribution in [0.1, 0.15) is 36.5 Å². The van der Waals surface area contributed by atoms with Crippen LogP contribution in [-0.2, 0) is 29.0 Å². The molecule has 0 N–H and O–H groups in total. The van der Waals surface area contributed by atoms with E-state index in [1.807, 2.05) is 42.2 Å². The zero-order valence-electron chi connectivity index (χ0n) is 16.1. The zero-order chi connectivity index (χ0) is 19.1. The predicted octanol–water partition coefficient (Wildman–Crippen LogP) is 3.44. The van der Waals surface area contributed by atoms with Crippen molar-refractivity contribution in [3.63, 3.8) is 0 Å². The Labute approximate surface area is 161 Å². The van der Waals surface area contributed by atoms with Gasteiger partial charge in [-0.25, -0.2) is 0 Å². The van der Waals surface area contributed by atoms with E-state index in [0.717, 1.165) is 25.8 Å². The lowest BCUT2D eigenvalue weighted by Gasteiger charge is -2.31. The number of fused-ring (bicyclic) bond motifs is 1. The minimum absolute atomic E-state index is 0.0435. The minimum Gasteiger partial charge on any atom is -0.336 e. The first kappa shape index (κ1) is 19.2. The smallest absolute Gasteiger partial charge is 0.242 e. The molecule has 4 nitrogen and oxygen atoms in total. The SMILES string of the molecule is CCCC(=O)N(CCc1ccccc1)CC(=O)N1CCc2ccccc2C1. The van der Waals surface area contributed by atoms with Gasteiger partial charge in [-0.15, -0.1) is 0 Å². The van der Waals surface area contributed by atoms with E-state index < -0.39 is 0 Å². The van der Waals surface area contributed by atoms with Crippen molar-refractivity contribution in [3.8, 4) is 0 Å². The topological polar surface area (TPSA) is 40.6 Å². The molecule has 1 aliphatic rings. The van der Waals surface area contributed by atoms with Gasteiger partial charge in [-0.1, -0.05) is 61.5 Å². The quantitative estimate of drug-likeness (QED) is 0.755. The molecule has 0 bridgehead atoms. The van der Waals surface area contributed by atoms with Gasteiger partial charge >= 0.3 is 0 Å². The maximum absolute atomic E-state index is 12.9. The van der Waals surface area contributed by atoms with Gasteiger partial charge in [0.25, 0.3) is 0 Å². The predicted molar refractivity (Wildman–Crippen MR) is 107 cm³/mol. The van der Waals surface area contributed by atoms with Crippen molar-refractivity contribution in [2.24, 2.45) is 0 Å². The molecule has 0 aromatic heterocycles. The first-order chi connectivity index (χ1) is 13.2. The van der Waals surface area contributed by atoms with Crippen LogP contribution in [0.2, 0.25) is 0 Å². The van der Waals surface area contributed by atoms with Crippen LogP contribution in [0.25, 0.3) is 0 Å². The molecule has 2 aromatic carbocycles. The summed E-state index contributed by atoms with van der Waals surface area (Å²) in [5.41, 5.74) is 3.73. The summed E-state index contributed by atoms with van der Waals surface area (Å²) in [5, 5.41) is 0. The maximum atomic E-state index is 12.9. The van der Waals surface area contributed by atoms with Gasteiger partial charge < -0.3 is 9.80 Å². The van der Waals surface area contributed by atoms with Gasteiger partial charge in [0.1, 0.15) is 0 Å². The highest BCUT2D eigenvalue weighted by atomic mass is 16.2. The van der Waals surface area contributed by atoms with Crippen LogP contribution in [0, 0.1) is 0 Å². The van der Waals surface area contributed by atoms with Crippen LogP contribution in [0.5, 0.6) is 0 Å². The summed E-state index contributed by atoms with van der Waals surface area (Å²) in [6.07, 6.45) is 2.94. The molecule has 0 unspecified atom stereocenters. The van der Waals surface area contributed by atoms with Gasteiger partial charge in [-0.3, -0.25) is 9.59 Å². The molecule has 1 aliphatic heterocycles. The molecule has 4 heteroatoms. The van der Waals surface area contributed by atoms with E-state index in [1.54, 1.807) is 4.90 Å². The second kappa shape index (κ2) is 9.36. The van der Waals surface area contributed by atoms with E-state index in [1.165, 1.54) is 16.7 Å². The molecule has 0 saturated heterocycles. The molecular weight excluding hydrogens is 336 g/mol.